The van der Waals surface area contributed by atoms with Crippen molar-refractivity contribution in [2.24, 2.45) is 0 Å². The largest absolute Gasteiger partial charge is 0.398 e. The molecule has 1 aliphatic heterocycles. The van der Waals surface area contributed by atoms with E-state index in [1.54, 1.807) is 25.4 Å². The van der Waals surface area contributed by atoms with E-state index in [0.717, 1.165) is 22.6 Å². The molecule has 28 heavy (non-hydrogen) atoms. The SMILES string of the molecule is C=C1Nc2cc(N)c(C(=N)c3cn[nH]c3)cc2CN1Cc1ccc(F)c(C)c1. The molecule has 1 aliphatic rings. The van der Waals surface area contributed by atoms with Crippen molar-refractivity contribution in [2.45, 2.75) is 20.0 Å². The van der Waals surface area contributed by atoms with E-state index in [2.05, 4.69) is 27.0 Å². The fourth-order valence-corrected chi connectivity index (χ4v) is 3.38. The molecule has 2 aromatic carbocycles. The molecule has 7 heteroatoms. The lowest BCUT2D eigenvalue weighted by molar-refractivity contribution is 0.326. The first-order chi connectivity index (χ1) is 13.4. The number of aromatic amines is 1. The summed E-state index contributed by atoms with van der Waals surface area (Å²) in [4.78, 5) is 2.08. The number of hydrogen-bond acceptors (Lipinski definition) is 5. The zero-order valence-corrected chi connectivity index (χ0v) is 15.5. The normalized spacial score (nSPS) is 13.2. The molecular weight excluding hydrogens is 355 g/mol. The van der Waals surface area contributed by atoms with Gasteiger partial charge in [0.1, 0.15) is 5.82 Å². The van der Waals surface area contributed by atoms with Crippen LogP contribution in [0.15, 0.2) is 55.1 Å². The van der Waals surface area contributed by atoms with E-state index in [4.69, 9.17) is 11.1 Å². The van der Waals surface area contributed by atoms with Crippen molar-refractivity contribution in [3.8, 4) is 0 Å². The molecule has 1 aromatic heterocycles. The molecule has 0 aliphatic carbocycles. The topological polar surface area (TPSA) is 93.8 Å². The van der Waals surface area contributed by atoms with Crippen LogP contribution < -0.4 is 11.1 Å². The zero-order valence-electron chi connectivity index (χ0n) is 15.5. The van der Waals surface area contributed by atoms with E-state index in [-0.39, 0.29) is 5.82 Å². The van der Waals surface area contributed by atoms with Gasteiger partial charge < -0.3 is 16.0 Å². The van der Waals surface area contributed by atoms with E-state index in [1.165, 1.54) is 6.07 Å². The van der Waals surface area contributed by atoms with Crippen LogP contribution in [0.2, 0.25) is 0 Å². The van der Waals surface area contributed by atoms with Crippen LogP contribution in [0.25, 0.3) is 0 Å². The number of nitrogens with zero attached hydrogens (tertiary/aromatic N) is 2. The first kappa shape index (κ1) is 17.8. The Bertz CT molecular complexity index is 1070. The van der Waals surface area contributed by atoms with Crippen LogP contribution in [0, 0.1) is 18.2 Å². The number of H-pyrrole nitrogens is 1. The van der Waals surface area contributed by atoms with Gasteiger partial charge in [-0.05, 0) is 41.8 Å². The number of halogens is 1. The first-order valence-corrected chi connectivity index (χ1v) is 8.88. The van der Waals surface area contributed by atoms with Gasteiger partial charge in [0.05, 0.1) is 17.7 Å². The minimum Gasteiger partial charge on any atom is -0.398 e. The minimum atomic E-state index is -0.206. The lowest BCUT2D eigenvalue weighted by Crippen LogP contribution is -2.31. The Kier molecular flexibility index (Phi) is 4.35. The third-order valence-electron chi connectivity index (χ3n) is 4.95. The second kappa shape index (κ2) is 6.84. The highest BCUT2D eigenvalue weighted by atomic mass is 19.1. The Morgan fingerprint density at radius 3 is 2.89 bits per heavy atom. The number of fused-ring (bicyclic) bond motifs is 1. The molecule has 0 saturated carbocycles. The number of nitrogen functional groups attached to an aromatic ring is 1. The summed E-state index contributed by atoms with van der Waals surface area (Å²) in [6.07, 6.45) is 3.27. The van der Waals surface area contributed by atoms with Gasteiger partial charge in [-0.25, -0.2) is 4.39 Å². The van der Waals surface area contributed by atoms with E-state index in [1.807, 2.05) is 18.2 Å². The molecule has 6 nitrogen and oxygen atoms in total. The molecule has 0 amide bonds. The van der Waals surface area contributed by atoms with E-state index in [9.17, 15) is 4.39 Å². The van der Waals surface area contributed by atoms with Gasteiger partial charge in [0.25, 0.3) is 0 Å². The fourth-order valence-electron chi connectivity index (χ4n) is 3.38. The summed E-state index contributed by atoms with van der Waals surface area (Å²) < 4.78 is 13.5. The van der Waals surface area contributed by atoms with Crippen molar-refractivity contribution in [2.75, 3.05) is 11.1 Å². The van der Waals surface area contributed by atoms with Crippen LogP contribution in [0.1, 0.15) is 27.8 Å². The van der Waals surface area contributed by atoms with Gasteiger partial charge in [-0.2, -0.15) is 5.10 Å². The number of aromatic nitrogens is 2. The average Bonchev–Trinajstić information content (AvgIpc) is 3.19. The molecule has 0 fully saturated rings. The van der Waals surface area contributed by atoms with E-state index < -0.39 is 0 Å². The predicted octanol–water partition coefficient (Wildman–Crippen LogP) is 3.75. The van der Waals surface area contributed by atoms with E-state index in [0.29, 0.717) is 41.2 Å². The summed E-state index contributed by atoms with van der Waals surface area (Å²) in [7, 11) is 0. The van der Waals surface area contributed by atoms with Gasteiger partial charge in [-0.1, -0.05) is 18.7 Å². The molecule has 0 bridgehead atoms. The standard InChI is InChI=1S/C21H21FN6/c1-12-5-14(3-4-18(12)22)10-28-11-15-6-17(21(24)16-8-25-26-9-16)19(23)7-20(15)27-13(28)2/h3-9,24,27H,2,10-11,23H2,1H3,(H,25,26). The summed E-state index contributed by atoms with van der Waals surface area (Å²) in [6.45, 7) is 7.08. The molecule has 0 saturated heterocycles. The van der Waals surface area contributed by atoms with Gasteiger partial charge in [-0.3, -0.25) is 10.5 Å². The monoisotopic (exact) mass is 376 g/mol. The third-order valence-corrected chi connectivity index (χ3v) is 4.95. The Labute approximate surface area is 162 Å². The van der Waals surface area contributed by atoms with Crippen LogP contribution in [0.3, 0.4) is 0 Å². The molecule has 142 valence electrons. The number of hydrogen-bond donors (Lipinski definition) is 4. The first-order valence-electron chi connectivity index (χ1n) is 8.88. The van der Waals surface area contributed by atoms with Crippen molar-refractivity contribution < 1.29 is 4.39 Å². The minimum absolute atomic E-state index is 0.206. The van der Waals surface area contributed by atoms with Crippen molar-refractivity contribution in [3.63, 3.8) is 0 Å². The summed E-state index contributed by atoms with van der Waals surface area (Å²) >= 11 is 0. The number of nitrogens with one attached hydrogen (secondary N) is 3. The number of rotatable bonds is 4. The second-order valence-electron chi connectivity index (χ2n) is 6.97. The Morgan fingerprint density at radius 1 is 1.36 bits per heavy atom. The van der Waals surface area contributed by atoms with Crippen LogP contribution in [0.4, 0.5) is 15.8 Å². The van der Waals surface area contributed by atoms with Crippen LogP contribution in [0.5, 0.6) is 0 Å². The molecule has 4 rings (SSSR count). The lowest BCUT2D eigenvalue weighted by Gasteiger charge is -2.34. The molecule has 0 atom stereocenters. The third kappa shape index (κ3) is 3.22. The highest BCUT2D eigenvalue weighted by Gasteiger charge is 2.22. The molecule has 0 unspecified atom stereocenters. The van der Waals surface area contributed by atoms with Crippen LogP contribution >= 0.6 is 0 Å². The summed E-state index contributed by atoms with van der Waals surface area (Å²) in [6, 6.07) is 8.89. The van der Waals surface area contributed by atoms with Gasteiger partial charge in [0.2, 0.25) is 0 Å². The highest BCUT2D eigenvalue weighted by molar-refractivity contribution is 6.14. The van der Waals surface area contributed by atoms with Crippen molar-refractivity contribution in [1.82, 2.24) is 15.1 Å². The maximum atomic E-state index is 13.5. The van der Waals surface area contributed by atoms with Crippen LogP contribution in [-0.2, 0) is 13.1 Å². The lowest BCUT2D eigenvalue weighted by atomic mass is 9.98. The molecular formula is C21H21FN6. The van der Waals surface area contributed by atoms with Gasteiger partial charge in [0.15, 0.2) is 0 Å². The van der Waals surface area contributed by atoms with Crippen molar-refractivity contribution in [1.29, 1.82) is 5.41 Å². The van der Waals surface area contributed by atoms with Gasteiger partial charge in [-0.15, -0.1) is 0 Å². The molecule has 2 heterocycles. The van der Waals surface area contributed by atoms with E-state index >= 15 is 0 Å². The Hall–Kier alpha value is -3.61. The van der Waals surface area contributed by atoms with Crippen LogP contribution in [-0.4, -0.2) is 20.8 Å². The maximum Gasteiger partial charge on any atom is 0.126 e. The smallest absolute Gasteiger partial charge is 0.126 e. The molecule has 5 N–H and O–H groups in total. The fraction of sp³-hybridized carbons (Fsp3) is 0.143. The molecule has 3 aromatic rings. The summed E-state index contributed by atoms with van der Waals surface area (Å²) in [5.41, 5.74) is 11.9. The number of nitrogens with two attached hydrogens (primary N) is 1. The predicted molar refractivity (Wildman–Crippen MR) is 109 cm³/mol. The Morgan fingerprint density at radius 2 is 2.18 bits per heavy atom. The second-order valence-corrected chi connectivity index (χ2v) is 6.97. The Balaban J connectivity index is 1.62. The summed E-state index contributed by atoms with van der Waals surface area (Å²) in [5, 5.41) is 18.3. The van der Waals surface area contributed by atoms with Gasteiger partial charge >= 0.3 is 0 Å². The van der Waals surface area contributed by atoms with Crippen molar-refractivity contribution >= 4 is 17.1 Å². The number of aryl methyl sites for hydroxylation is 1. The molecule has 0 radical (unpaired) electrons. The average molecular weight is 376 g/mol. The number of benzene rings is 2. The van der Waals surface area contributed by atoms with Gasteiger partial charge in [0, 0.05) is 41.8 Å². The zero-order chi connectivity index (χ0) is 19.8. The quantitative estimate of drug-likeness (QED) is 0.412. The van der Waals surface area contributed by atoms with Crippen molar-refractivity contribution in [3.05, 3.63) is 88.8 Å². The molecule has 0 spiro atoms. The summed E-state index contributed by atoms with van der Waals surface area (Å²) in [5.74, 6) is 0.550. The highest BCUT2D eigenvalue weighted by Crippen LogP contribution is 2.32. The number of anilines is 2. The maximum absolute atomic E-state index is 13.5.